The molecule has 5 rings (SSSR count). The predicted molar refractivity (Wildman–Crippen MR) is 137 cm³/mol. The van der Waals surface area contributed by atoms with Crippen molar-refractivity contribution in [1.82, 2.24) is 25.0 Å². The van der Waals surface area contributed by atoms with Crippen LogP contribution in [-0.4, -0.2) is 69.4 Å². The number of halogens is 1. The number of pyridine rings is 1. The van der Waals surface area contributed by atoms with Crippen LogP contribution in [0.15, 0.2) is 42.7 Å². The molecule has 0 radical (unpaired) electrons. The highest BCUT2D eigenvalue weighted by atomic mass is 19.1. The summed E-state index contributed by atoms with van der Waals surface area (Å²) in [5.74, 6) is 0.294. The van der Waals surface area contributed by atoms with E-state index in [0.717, 1.165) is 22.4 Å². The number of carbonyl (C=O) groups is 2. The van der Waals surface area contributed by atoms with Gasteiger partial charge in [0.05, 0.1) is 31.1 Å². The van der Waals surface area contributed by atoms with Gasteiger partial charge in [0.25, 0.3) is 0 Å². The second kappa shape index (κ2) is 9.84. The Bertz CT molecular complexity index is 1300. The van der Waals surface area contributed by atoms with Crippen molar-refractivity contribution in [3.63, 3.8) is 0 Å². The number of anilines is 1. The monoisotopic (exact) mass is 506 g/mol. The van der Waals surface area contributed by atoms with Gasteiger partial charge in [-0.05, 0) is 55.5 Å². The topological polar surface area (TPSA) is 94.7 Å². The summed E-state index contributed by atoms with van der Waals surface area (Å²) < 4.78 is 19.3. The van der Waals surface area contributed by atoms with Gasteiger partial charge in [-0.2, -0.15) is 5.10 Å². The first-order valence-electron chi connectivity index (χ1n) is 12.5. The fraction of sp³-hybridized carbons (Fsp3) is 0.407. The number of benzene rings is 1. The van der Waals surface area contributed by atoms with Crippen LogP contribution >= 0.6 is 0 Å². The molecule has 0 unspecified atom stereocenters. The normalized spacial score (nSPS) is 17.1. The molecule has 2 saturated heterocycles. The lowest BCUT2D eigenvalue weighted by Crippen LogP contribution is -2.55. The number of ether oxygens (including phenoxy) is 1. The van der Waals surface area contributed by atoms with Gasteiger partial charge in [-0.1, -0.05) is 19.1 Å². The van der Waals surface area contributed by atoms with Crippen LogP contribution < -0.4 is 4.90 Å². The molecule has 194 valence electrons. The molecular formula is C27H31FN6O3. The zero-order valence-electron chi connectivity index (χ0n) is 21.3. The molecule has 0 bridgehead atoms. The smallest absolute Gasteiger partial charge is 0.409 e. The first-order valence-corrected chi connectivity index (χ1v) is 12.5. The summed E-state index contributed by atoms with van der Waals surface area (Å²) in [7, 11) is 1.37. The van der Waals surface area contributed by atoms with Crippen molar-refractivity contribution >= 4 is 17.9 Å². The van der Waals surface area contributed by atoms with Crippen LogP contribution in [0.5, 0.6) is 0 Å². The Balaban J connectivity index is 1.49. The Morgan fingerprint density at radius 3 is 2.68 bits per heavy atom. The third-order valence-electron chi connectivity index (χ3n) is 7.70. The molecule has 0 aliphatic carbocycles. The van der Waals surface area contributed by atoms with E-state index in [-0.39, 0.29) is 24.5 Å². The number of likely N-dealkylation sites (tertiary alicyclic amines) is 1. The molecular weight excluding hydrogens is 475 g/mol. The van der Waals surface area contributed by atoms with Crippen LogP contribution in [0.4, 0.5) is 19.8 Å². The number of methoxy groups -OCH3 is 1. The van der Waals surface area contributed by atoms with E-state index in [1.807, 2.05) is 36.2 Å². The van der Waals surface area contributed by atoms with Crippen molar-refractivity contribution < 1.29 is 18.7 Å². The van der Waals surface area contributed by atoms with Crippen molar-refractivity contribution in [1.29, 1.82) is 0 Å². The molecule has 3 amide bonds. The van der Waals surface area contributed by atoms with Crippen molar-refractivity contribution in [3.05, 3.63) is 65.4 Å². The molecule has 1 spiro atoms. The van der Waals surface area contributed by atoms with E-state index < -0.39 is 5.54 Å². The minimum atomic E-state index is -0.516. The van der Waals surface area contributed by atoms with E-state index in [4.69, 9.17) is 9.72 Å². The molecule has 2 fully saturated rings. The molecule has 1 N–H and O–H groups in total. The highest BCUT2D eigenvalue weighted by molar-refractivity contribution is 5.95. The maximum absolute atomic E-state index is 14.4. The minimum Gasteiger partial charge on any atom is -0.453 e. The SMILES string of the molecule is CCc1nc(N2CC3(CCN(C(=O)OC)CC3)N(Cc3cccc(F)c3C)C2=O)ccc1-c1cn[nH]c1. The van der Waals surface area contributed by atoms with Gasteiger partial charge in [0, 0.05) is 37.0 Å². The average molecular weight is 507 g/mol. The standard InChI is InChI=1S/C27H31FN6O3/c1-4-23-21(20-14-29-30-15-20)8-9-24(31-23)33-17-27(10-12-32(13-11-27)26(36)37-3)34(25(33)35)16-19-6-5-7-22(28)18(19)2/h5-9,14-15H,4,10-13,16-17H2,1-3H3,(H,29,30). The molecule has 0 saturated carbocycles. The zero-order chi connectivity index (χ0) is 26.2. The number of aromatic amines is 1. The molecule has 1 aromatic carbocycles. The molecule has 9 nitrogen and oxygen atoms in total. The van der Waals surface area contributed by atoms with E-state index in [2.05, 4.69) is 10.2 Å². The first-order chi connectivity index (χ1) is 17.9. The maximum Gasteiger partial charge on any atom is 0.409 e. The van der Waals surface area contributed by atoms with Gasteiger partial charge in [0.15, 0.2) is 0 Å². The summed E-state index contributed by atoms with van der Waals surface area (Å²) in [5.41, 5.74) is 3.57. The molecule has 37 heavy (non-hydrogen) atoms. The molecule has 3 aromatic rings. The van der Waals surface area contributed by atoms with Gasteiger partial charge in [-0.3, -0.25) is 10.00 Å². The number of urea groups is 1. The Morgan fingerprint density at radius 1 is 1.22 bits per heavy atom. The number of H-pyrrole nitrogens is 1. The minimum absolute atomic E-state index is 0.166. The molecule has 2 aliphatic rings. The summed E-state index contributed by atoms with van der Waals surface area (Å²) in [6.07, 6.45) is 5.09. The van der Waals surface area contributed by atoms with E-state index in [1.54, 1.807) is 29.0 Å². The fourth-order valence-corrected chi connectivity index (χ4v) is 5.44. The van der Waals surface area contributed by atoms with Crippen molar-refractivity contribution in [2.75, 3.05) is 31.6 Å². The first kappa shape index (κ1) is 24.7. The van der Waals surface area contributed by atoms with Gasteiger partial charge < -0.3 is 14.5 Å². The highest BCUT2D eigenvalue weighted by Crippen LogP contribution is 2.40. The Labute approximate surface area is 215 Å². The lowest BCUT2D eigenvalue weighted by molar-refractivity contribution is 0.0615. The lowest BCUT2D eigenvalue weighted by Gasteiger charge is -2.43. The van der Waals surface area contributed by atoms with Crippen LogP contribution in [0.3, 0.4) is 0 Å². The average Bonchev–Trinajstić information content (AvgIpc) is 3.54. The van der Waals surface area contributed by atoms with Gasteiger partial charge in [-0.15, -0.1) is 0 Å². The summed E-state index contributed by atoms with van der Waals surface area (Å²) in [6.45, 7) is 5.43. The van der Waals surface area contributed by atoms with E-state index in [1.165, 1.54) is 13.2 Å². The number of aromatic nitrogens is 3. The molecule has 4 heterocycles. The second-order valence-corrected chi connectivity index (χ2v) is 9.66. The number of hydrogen-bond donors (Lipinski definition) is 1. The third kappa shape index (κ3) is 4.41. The van der Waals surface area contributed by atoms with Crippen LogP contribution in [0.2, 0.25) is 0 Å². The number of hydrogen-bond acceptors (Lipinski definition) is 5. The number of rotatable bonds is 5. The van der Waals surface area contributed by atoms with Gasteiger partial charge in [0.1, 0.15) is 11.6 Å². The van der Waals surface area contributed by atoms with E-state index in [9.17, 15) is 14.0 Å². The summed E-state index contributed by atoms with van der Waals surface area (Å²) >= 11 is 0. The Morgan fingerprint density at radius 2 is 2.00 bits per heavy atom. The maximum atomic E-state index is 14.4. The molecule has 0 atom stereocenters. The highest BCUT2D eigenvalue weighted by Gasteiger charge is 2.52. The number of nitrogens with zero attached hydrogens (tertiary/aromatic N) is 5. The largest absolute Gasteiger partial charge is 0.453 e. The van der Waals surface area contributed by atoms with Crippen LogP contribution in [0.25, 0.3) is 11.1 Å². The summed E-state index contributed by atoms with van der Waals surface area (Å²) in [5, 5.41) is 6.88. The van der Waals surface area contributed by atoms with E-state index in [0.29, 0.717) is 50.3 Å². The van der Waals surface area contributed by atoms with Gasteiger partial charge in [0.2, 0.25) is 0 Å². The number of aryl methyl sites for hydroxylation is 1. The van der Waals surface area contributed by atoms with Crippen LogP contribution in [0.1, 0.15) is 36.6 Å². The number of carbonyl (C=O) groups excluding carboxylic acids is 2. The summed E-state index contributed by atoms with van der Waals surface area (Å²) in [6, 6.07) is 8.64. The van der Waals surface area contributed by atoms with Crippen LogP contribution in [-0.2, 0) is 17.7 Å². The second-order valence-electron chi connectivity index (χ2n) is 9.66. The van der Waals surface area contributed by atoms with Crippen LogP contribution in [0, 0.1) is 12.7 Å². The Hall–Kier alpha value is -3.95. The van der Waals surface area contributed by atoms with Gasteiger partial charge >= 0.3 is 12.1 Å². The fourth-order valence-electron chi connectivity index (χ4n) is 5.44. The number of nitrogens with one attached hydrogen (secondary N) is 1. The molecule has 2 aromatic heterocycles. The van der Waals surface area contributed by atoms with Crippen molar-refractivity contribution in [2.24, 2.45) is 0 Å². The predicted octanol–water partition coefficient (Wildman–Crippen LogP) is 4.52. The van der Waals surface area contributed by atoms with Gasteiger partial charge in [-0.25, -0.2) is 19.0 Å². The Kier molecular flexibility index (Phi) is 6.57. The quantitative estimate of drug-likeness (QED) is 0.549. The van der Waals surface area contributed by atoms with E-state index >= 15 is 0 Å². The molecule has 10 heteroatoms. The van der Waals surface area contributed by atoms with Crippen molar-refractivity contribution in [3.8, 4) is 11.1 Å². The summed E-state index contributed by atoms with van der Waals surface area (Å²) in [4.78, 5) is 36.2. The molecule has 2 aliphatic heterocycles. The lowest BCUT2D eigenvalue weighted by atomic mass is 9.86. The third-order valence-corrected chi connectivity index (χ3v) is 7.70. The zero-order valence-corrected chi connectivity index (χ0v) is 21.3. The van der Waals surface area contributed by atoms with Crippen molar-refractivity contribution in [2.45, 2.75) is 45.2 Å². The number of amides is 3. The number of piperidine rings is 1.